The molecule has 0 heterocycles. The number of hydrogen-bond donors (Lipinski definition) is 0. The Balaban J connectivity index is 2.80. The van der Waals surface area contributed by atoms with Gasteiger partial charge in [0.2, 0.25) is 0 Å². The number of hydrogen-bond acceptors (Lipinski definition) is 1. The molecule has 0 rings (SSSR count). The molecule has 1 nitrogen and oxygen atoms in total. The zero-order valence-corrected chi connectivity index (χ0v) is 11.0. The Morgan fingerprint density at radius 1 is 1.00 bits per heavy atom. The first-order chi connectivity index (χ1) is 5.27. The molecule has 0 aliphatic carbocycles. The summed E-state index contributed by atoms with van der Waals surface area (Å²) in [7, 11) is 0. The molecule has 0 aromatic carbocycles. The quantitative estimate of drug-likeness (QED) is 0.506. The molecule has 0 fully saturated rings. The average Bonchev–Trinajstić information content (AvgIpc) is 1.96. The van der Waals surface area contributed by atoms with Crippen LogP contribution in [0.5, 0.6) is 0 Å². The van der Waals surface area contributed by atoms with Gasteiger partial charge in [-0.2, -0.15) is 0 Å². The Labute approximate surface area is 78.8 Å². The summed E-state index contributed by atoms with van der Waals surface area (Å²) in [6.45, 7) is 3.28. The van der Waals surface area contributed by atoms with E-state index in [4.69, 9.17) is 3.07 Å². The van der Waals surface area contributed by atoms with Crippen LogP contribution in [0, 0.1) is 0 Å². The molecule has 0 aliphatic rings. The predicted molar refractivity (Wildman–Crippen MR) is 52.2 cm³/mol. The van der Waals surface area contributed by atoms with Crippen molar-refractivity contribution in [3.05, 3.63) is 0 Å². The van der Waals surface area contributed by atoms with Crippen molar-refractivity contribution in [2.24, 2.45) is 0 Å². The molecule has 0 unspecified atom stereocenters. The minimum absolute atomic E-state index is 1.03. The SMILES string of the molecule is CCCCCCC[O][Sn]([CH3])[CH3]. The molecule has 11 heavy (non-hydrogen) atoms. The Morgan fingerprint density at radius 3 is 2.18 bits per heavy atom. The molecule has 1 radical (unpaired) electrons. The first-order valence-electron chi connectivity index (χ1n) is 4.70. The van der Waals surface area contributed by atoms with Gasteiger partial charge in [0.15, 0.2) is 0 Å². The van der Waals surface area contributed by atoms with E-state index < -0.39 is 20.2 Å². The van der Waals surface area contributed by atoms with Crippen LogP contribution in [-0.4, -0.2) is 26.8 Å². The summed E-state index contributed by atoms with van der Waals surface area (Å²) in [5, 5.41) is 0. The van der Waals surface area contributed by atoms with Crippen LogP contribution in [0.3, 0.4) is 0 Å². The molecule has 0 amide bonds. The van der Waals surface area contributed by atoms with Gasteiger partial charge in [-0.05, 0) is 0 Å². The van der Waals surface area contributed by atoms with Crippen molar-refractivity contribution in [1.82, 2.24) is 0 Å². The summed E-state index contributed by atoms with van der Waals surface area (Å²) in [4.78, 5) is 4.57. The van der Waals surface area contributed by atoms with Gasteiger partial charge in [-0.25, -0.2) is 0 Å². The van der Waals surface area contributed by atoms with E-state index in [1.54, 1.807) is 0 Å². The van der Waals surface area contributed by atoms with E-state index in [1.165, 1.54) is 32.1 Å². The van der Waals surface area contributed by atoms with E-state index in [0.717, 1.165) is 6.61 Å². The van der Waals surface area contributed by atoms with E-state index in [2.05, 4.69) is 16.8 Å². The molecule has 0 aliphatic heterocycles. The summed E-state index contributed by atoms with van der Waals surface area (Å²) in [5.74, 6) is 0. The Kier molecular flexibility index (Phi) is 9.46. The molecular formula is C9H21OSn. The van der Waals surface area contributed by atoms with Gasteiger partial charge in [0.25, 0.3) is 0 Å². The number of unbranched alkanes of at least 4 members (excludes halogenated alkanes) is 4. The summed E-state index contributed by atoms with van der Waals surface area (Å²) < 4.78 is 5.62. The van der Waals surface area contributed by atoms with Gasteiger partial charge in [0.1, 0.15) is 0 Å². The van der Waals surface area contributed by atoms with Crippen LogP contribution in [0.2, 0.25) is 9.88 Å². The summed E-state index contributed by atoms with van der Waals surface area (Å²) >= 11 is -1.20. The van der Waals surface area contributed by atoms with E-state index in [-0.39, 0.29) is 0 Å². The average molecular weight is 264 g/mol. The molecule has 0 atom stereocenters. The third-order valence-electron chi connectivity index (χ3n) is 1.64. The van der Waals surface area contributed by atoms with Crippen LogP contribution in [0.15, 0.2) is 0 Å². The van der Waals surface area contributed by atoms with Crippen LogP contribution in [0.1, 0.15) is 39.0 Å². The van der Waals surface area contributed by atoms with Gasteiger partial charge < -0.3 is 0 Å². The second-order valence-corrected chi connectivity index (χ2v) is 9.18. The second kappa shape index (κ2) is 8.85. The minimum atomic E-state index is -1.20. The molecule has 0 aromatic rings. The van der Waals surface area contributed by atoms with Gasteiger partial charge in [0, 0.05) is 0 Å². The zero-order chi connectivity index (χ0) is 8.53. The predicted octanol–water partition coefficient (Wildman–Crippen LogP) is 3.22. The summed E-state index contributed by atoms with van der Waals surface area (Å²) in [6.07, 6.45) is 6.77. The summed E-state index contributed by atoms with van der Waals surface area (Å²) in [5.41, 5.74) is 0. The van der Waals surface area contributed by atoms with Crippen LogP contribution < -0.4 is 0 Å². The van der Waals surface area contributed by atoms with Crippen LogP contribution in [0.25, 0.3) is 0 Å². The fourth-order valence-electron chi connectivity index (χ4n) is 0.982. The van der Waals surface area contributed by atoms with Crippen LogP contribution >= 0.6 is 0 Å². The maximum absolute atomic E-state index is 5.62. The molecule has 0 bridgehead atoms. The van der Waals surface area contributed by atoms with Crippen molar-refractivity contribution in [1.29, 1.82) is 0 Å². The van der Waals surface area contributed by atoms with Gasteiger partial charge in [0.05, 0.1) is 0 Å². The zero-order valence-electron chi connectivity index (χ0n) is 8.15. The first-order valence-corrected chi connectivity index (χ1v) is 11.6. The van der Waals surface area contributed by atoms with Gasteiger partial charge in [-0.15, -0.1) is 0 Å². The third-order valence-corrected chi connectivity index (χ3v) is 3.87. The van der Waals surface area contributed by atoms with Crippen LogP contribution in [-0.2, 0) is 3.07 Å². The fraction of sp³-hybridized carbons (Fsp3) is 1.00. The van der Waals surface area contributed by atoms with E-state index in [1.807, 2.05) is 0 Å². The molecule has 0 saturated carbocycles. The molecule has 0 N–H and O–H groups in total. The standard InChI is InChI=1S/C7H15O.2CH3.Sn/c1-2-3-4-5-6-7-8;;;/h2-7H2,1H3;2*1H3;/q-1;;;+1. The topological polar surface area (TPSA) is 9.23 Å². The van der Waals surface area contributed by atoms with E-state index >= 15 is 0 Å². The molecule has 2 heteroatoms. The fourth-order valence-corrected chi connectivity index (χ4v) is 2.56. The van der Waals surface area contributed by atoms with Crippen molar-refractivity contribution in [2.75, 3.05) is 6.61 Å². The van der Waals surface area contributed by atoms with E-state index in [0.29, 0.717) is 0 Å². The molecule has 0 spiro atoms. The second-order valence-electron chi connectivity index (χ2n) is 3.17. The molecule has 67 valence electrons. The maximum atomic E-state index is 5.62. The monoisotopic (exact) mass is 265 g/mol. The number of rotatable bonds is 7. The van der Waals surface area contributed by atoms with Gasteiger partial charge >= 0.3 is 78.8 Å². The normalized spacial score (nSPS) is 10.9. The molecule has 0 aromatic heterocycles. The van der Waals surface area contributed by atoms with Crippen LogP contribution in [0.4, 0.5) is 0 Å². The van der Waals surface area contributed by atoms with Crippen molar-refractivity contribution in [3.63, 3.8) is 0 Å². The van der Waals surface area contributed by atoms with Crippen molar-refractivity contribution < 1.29 is 3.07 Å². The van der Waals surface area contributed by atoms with Gasteiger partial charge in [-0.3, -0.25) is 0 Å². The summed E-state index contributed by atoms with van der Waals surface area (Å²) in [6, 6.07) is 0. The van der Waals surface area contributed by atoms with Gasteiger partial charge in [-0.1, -0.05) is 0 Å². The Morgan fingerprint density at radius 2 is 1.64 bits per heavy atom. The van der Waals surface area contributed by atoms with Crippen molar-refractivity contribution >= 4 is 20.2 Å². The van der Waals surface area contributed by atoms with E-state index in [9.17, 15) is 0 Å². The Hall–Kier alpha value is 0.759. The van der Waals surface area contributed by atoms with Crippen molar-refractivity contribution in [2.45, 2.75) is 48.9 Å². The van der Waals surface area contributed by atoms with Crippen molar-refractivity contribution in [3.8, 4) is 0 Å². The third kappa shape index (κ3) is 10.8. The molecular weight excluding hydrogens is 243 g/mol. The Bertz CT molecular complexity index is 74.0. The molecule has 0 saturated heterocycles. The first kappa shape index (κ1) is 11.8.